The average molecular weight is 173 g/mol. The summed E-state index contributed by atoms with van der Waals surface area (Å²) < 4.78 is 0. The Balaban J connectivity index is 2.76. The number of benzene rings is 1. The van der Waals surface area contributed by atoms with E-state index in [1.165, 1.54) is 12.2 Å². The van der Waals surface area contributed by atoms with Gasteiger partial charge in [0.15, 0.2) is 0 Å². The number of rotatable bonds is 3. The van der Waals surface area contributed by atoms with Crippen molar-refractivity contribution in [1.82, 2.24) is 0 Å². The largest absolute Gasteiger partial charge is 0.384 e. The van der Waals surface area contributed by atoms with Gasteiger partial charge in [0.25, 0.3) is 0 Å². The van der Waals surface area contributed by atoms with Crippen LogP contribution < -0.4 is 5.73 Å². The standard InChI is InChI=1S/C10H11N3/c11-9(6-7-10(12)13)8-4-2-1-3-5-8/h1-7,11H,(H3,12,13)/b7-6-,11-9?. The molecular formula is C10H11N3. The van der Waals surface area contributed by atoms with Crippen LogP contribution in [0, 0.1) is 10.8 Å². The predicted molar refractivity (Wildman–Crippen MR) is 54.3 cm³/mol. The molecule has 3 heteroatoms. The second kappa shape index (κ2) is 4.21. The summed E-state index contributed by atoms with van der Waals surface area (Å²) in [5.41, 5.74) is 6.30. The fourth-order valence-corrected chi connectivity index (χ4v) is 0.887. The summed E-state index contributed by atoms with van der Waals surface area (Å²) in [6.07, 6.45) is 2.91. The van der Waals surface area contributed by atoms with Crippen LogP contribution in [0.4, 0.5) is 0 Å². The number of hydrogen-bond acceptors (Lipinski definition) is 2. The van der Waals surface area contributed by atoms with Gasteiger partial charge in [-0.3, -0.25) is 5.41 Å². The van der Waals surface area contributed by atoms with Gasteiger partial charge in [-0.1, -0.05) is 30.3 Å². The van der Waals surface area contributed by atoms with Crippen LogP contribution in [0.3, 0.4) is 0 Å². The van der Waals surface area contributed by atoms with Gasteiger partial charge >= 0.3 is 0 Å². The van der Waals surface area contributed by atoms with Crippen molar-refractivity contribution in [2.24, 2.45) is 5.73 Å². The van der Waals surface area contributed by atoms with Crippen molar-refractivity contribution < 1.29 is 0 Å². The lowest BCUT2D eigenvalue weighted by molar-refractivity contribution is 1.46. The zero-order valence-electron chi connectivity index (χ0n) is 7.12. The van der Waals surface area contributed by atoms with Gasteiger partial charge in [-0.05, 0) is 17.7 Å². The molecule has 0 heterocycles. The van der Waals surface area contributed by atoms with Gasteiger partial charge in [0.2, 0.25) is 0 Å². The number of hydrogen-bond donors (Lipinski definition) is 3. The Morgan fingerprint density at radius 2 is 1.69 bits per heavy atom. The van der Waals surface area contributed by atoms with Crippen molar-refractivity contribution in [3.63, 3.8) is 0 Å². The molecule has 0 aliphatic heterocycles. The summed E-state index contributed by atoms with van der Waals surface area (Å²) in [5, 5.41) is 14.5. The van der Waals surface area contributed by atoms with E-state index in [1.807, 2.05) is 30.3 Å². The normalized spacial score (nSPS) is 10.2. The van der Waals surface area contributed by atoms with Crippen LogP contribution in [0.25, 0.3) is 0 Å². The number of nitrogens with two attached hydrogens (primary N) is 1. The minimum Gasteiger partial charge on any atom is -0.384 e. The first-order chi connectivity index (χ1) is 6.20. The third kappa shape index (κ3) is 2.91. The van der Waals surface area contributed by atoms with Crippen LogP contribution in [-0.4, -0.2) is 11.5 Å². The van der Waals surface area contributed by atoms with Crippen LogP contribution >= 0.6 is 0 Å². The zero-order valence-corrected chi connectivity index (χ0v) is 7.12. The highest BCUT2D eigenvalue weighted by atomic mass is 14.7. The lowest BCUT2D eigenvalue weighted by atomic mass is 10.1. The van der Waals surface area contributed by atoms with Crippen molar-refractivity contribution in [2.75, 3.05) is 0 Å². The monoisotopic (exact) mass is 173 g/mol. The zero-order chi connectivity index (χ0) is 9.68. The van der Waals surface area contributed by atoms with E-state index in [1.54, 1.807) is 0 Å². The van der Waals surface area contributed by atoms with E-state index >= 15 is 0 Å². The molecular weight excluding hydrogens is 162 g/mol. The summed E-state index contributed by atoms with van der Waals surface area (Å²) in [5.74, 6) is -0.0410. The molecule has 0 saturated carbocycles. The van der Waals surface area contributed by atoms with Gasteiger partial charge in [-0.2, -0.15) is 0 Å². The second-order valence-corrected chi connectivity index (χ2v) is 2.57. The van der Waals surface area contributed by atoms with Crippen LogP contribution in [0.15, 0.2) is 42.5 Å². The molecule has 0 aromatic heterocycles. The molecule has 0 radical (unpaired) electrons. The maximum atomic E-state index is 7.58. The van der Waals surface area contributed by atoms with Gasteiger partial charge in [0, 0.05) is 0 Å². The summed E-state index contributed by atoms with van der Waals surface area (Å²) in [6, 6.07) is 9.31. The van der Waals surface area contributed by atoms with E-state index in [4.69, 9.17) is 16.6 Å². The lowest BCUT2D eigenvalue weighted by Crippen LogP contribution is -2.05. The van der Waals surface area contributed by atoms with Gasteiger partial charge in [0.1, 0.15) is 5.84 Å². The topological polar surface area (TPSA) is 73.7 Å². The molecule has 0 atom stereocenters. The number of amidine groups is 1. The second-order valence-electron chi connectivity index (χ2n) is 2.57. The van der Waals surface area contributed by atoms with Crippen LogP contribution in [0.5, 0.6) is 0 Å². The smallest absolute Gasteiger partial charge is 0.115 e. The SMILES string of the molecule is N=C(N)/C=C\C(=N)c1ccccc1. The molecule has 66 valence electrons. The highest BCUT2D eigenvalue weighted by molar-refractivity contribution is 6.09. The van der Waals surface area contributed by atoms with Gasteiger partial charge in [-0.15, -0.1) is 0 Å². The molecule has 13 heavy (non-hydrogen) atoms. The summed E-state index contributed by atoms with van der Waals surface area (Å²) in [6.45, 7) is 0. The summed E-state index contributed by atoms with van der Waals surface area (Å²) in [7, 11) is 0. The molecule has 4 N–H and O–H groups in total. The fraction of sp³-hybridized carbons (Fsp3) is 0. The Morgan fingerprint density at radius 1 is 1.08 bits per heavy atom. The maximum Gasteiger partial charge on any atom is 0.115 e. The third-order valence-corrected chi connectivity index (χ3v) is 1.51. The molecule has 1 aromatic carbocycles. The number of allylic oxidation sites excluding steroid dienone is 1. The first-order valence-corrected chi connectivity index (χ1v) is 3.86. The lowest BCUT2D eigenvalue weighted by Gasteiger charge is -1.96. The molecule has 0 spiro atoms. The van der Waals surface area contributed by atoms with Gasteiger partial charge in [-0.25, -0.2) is 0 Å². The molecule has 1 rings (SSSR count). The molecule has 0 amide bonds. The summed E-state index contributed by atoms with van der Waals surface area (Å²) in [4.78, 5) is 0. The van der Waals surface area contributed by atoms with E-state index in [9.17, 15) is 0 Å². The van der Waals surface area contributed by atoms with E-state index in [0.29, 0.717) is 5.71 Å². The molecule has 0 aliphatic rings. The van der Waals surface area contributed by atoms with E-state index in [0.717, 1.165) is 5.56 Å². The minimum atomic E-state index is -0.0410. The van der Waals surface area contributed by atoms with Crippen molar-refractivity contribution in [2.45, 2.75) is 0 Å². The van der Waals surface area contributed by atoms with Crippen LogP contribution in [-0.2, 0) is 0 Å². The molecule has 1 aromatic rings. The van der Waals surface area contributed by atoms with Crippen molar-refractivity contribution in [3.8, 4) is 0 Å². The first-order valence-electron chi connectivity index (χ1n) is 3.86. The molecule has 0 aliphatic carbocycles. The van der Waals surface area contributed by atoms with Gasteiger partial charge < -0.3 is 11.1 Å². The molecule has 3 nitrogen and oxygen atoms in total. The summed E-state index contributed by atoms with van der Waals surface area (Å²) >= 11 is 0. The molecule has 0 unspecified atom stereocenters. The third-order valence-electron chi connectivity index (χ3n) is 1.51. The quantitative estimate of drug-likeness (QED) is 0.471. The molecule has 0 saturated heterocycles. The molecule has 0 fully saturated rings. The molecule has 0 bridgehead atoms. The Bertz CT molecular complexity index is 338. The van der Waals surface area contributed by atoms with Crippen LogP contribution in [0.1, 0.15) is 5.56 Å². The maximum absolute atomic E-state index is 7.58. The Kier molecular flexibility index (Phi) is 2.97. The Morgan fingerprint density at radius 3 is 2.23 bits per heavy atom. The van der Waals surface area contributed by atoms with Gasteiger partial charge in [0.05, 0.1) is 5.71 Å². The Hall–Kier alpha value is -1.90. The Labute approximate surface area is 76.9 Å². The minimum absolute atomic E-state index is 0.0410. The highest BCUT2D eigenvalue weighted by Gasteiger charge is 1.93. The van der Waals surface area contributed by atoms with Crippen molar-refractivity contribution in [3.05, 3.63) is 48.0 Å². The van der Waals surface area contributed by atoms with Crippen molar-refractivity contribution in [1.29, 1.82) is 10.8 Å². The number of nitrogens with one attached hydrogen (secondary N) is 2. The van der Waals surface area contributed by atoms with E-state index < -0.39 is 0 Å². The fourth-order valence-electron chi connectivity index (χ4n) is 0.887. The first kappa shape index (κ1) is 9.19. The predicted octanol–water partition coefficient (Wildman–Crippen LogP) is 1.55. The average Bonchev–Trinajstić information content (AvgIpc) is 2.15. The van der Waals surface area contributed by atoms with E-state index in [2.05, 4.69) is 0 Å². The van der Waals surface area contributed by atoms with E-state index in [-0.39, 0.29) is 5.84 Å². The van der Waals surface area contributed by atoms with Crippen LogP contribution in [0.2, 0.25) is 0 Å². The highest BCUT2D eigenvalue weighted by Crippen LogP contribution is 2.00. The van der Waals surface area contributed by atoms with Crippen molar-refractivity contribution >= 4 is 11.5 Å².